The van der Waals surface area contributed by atoms with Gasteiger partial charge in [-0.1, -0.05) is 166 Å². The summed E-state index contributed by atoms with van der Waals surface area (Å²) in [6, 6.07) is 31.1. The molecule has 0 amide bonds. The van der Waals surface area contributed by atoms with Gasteiger partial charge in [-0.3, -0.25) is 0 Å². The Labute approximate surface area is 441 Å². The summed E-state index contributed by atoms with van der Waals surface area (Å²) in [4.78, 5) is 51.8. The number of ether oxygens (including phenoxy) is 4. The third kappa shape index (κ3) is 18.4. The number of benzene rings is 6. The average Bonchev–Trinajstić information content (AvgIpc) is 3.42. The Balaban J connectivity index is 0.938. The number of unbranched alkanes of at least 4 members (excludes halogenated alkanes) is 18. The summed E-state index contributed by atoms with van der Waals surface area (Å²) in [6.07, 6.45) is 27.2. The van der Waals surface area contributed by atoms with Crippen LogP contribution in [0.4, 0.5) is 13.2 Å². The van der Waals surface area contributed by atoms with E-state index in [0.29, 0.717) is 11.1 Å². The lowest BCUT2D eigenvalue weighted by atomic mass is 10.0. The molecule has 0 atom stereocenters. The monoisotopic (exact) mass is 1020 g/mol. The van der Waals surface area contributed by atoms with Gasteiger partial charge < -0.3 is 18.9 Å². The van der Waals surface area contributed by atoms with Crippen LogP contribution in [0, 0.1) is 17.5 Å². The third-order valence-electron chi connectivity index (χ3n) is 13.3. The second kappa shape index (κ2) is 31.0. The molecule has 0 N–H and O–H groups in total. The van der Waals surface area contributed by atoms with Crippen LogP contribution in [0.3, 0.4) is 0 Å². The molecule has 0 spiro atoms. The fourth-order valence-electron chi connectivity index (χ4n) is 8.83. The molecule has 0 unspecified atom stereocenters. The summed E-state index contributed by atoms with van der Waals surface area (Å²) in [5, 5.41) is 0. The van der Waals surface area contributed by atoms with Crippen LogP contribution in [0.1, 0.15) is 195 Å². The van der Waals surface area contributed by atoms with Crippen molar-refractivity contribution in [3.63, 3.8) is 0 Å². The Morgan fingerprint density at radius 2 is 0.640 bits per heavy atom. The molecule has 0 aliphatic rings. The van der Waals surface area contributed by atoms with Crippen LogP contribution in [0.25, 0.3) is 11.1 Å². The van der Waals surface area contributed by atoms with E-state index in [1.165, 1.54) is 176 Å². The molecule has 0 saturated carbocycles. The number of carbonyl (C=O) groups is 4. The second-order valence-corrected chi connectivity index (χ2v) is 19.2. The van der Waals surface area contributed by atoms with Crippen molar-refractivity contribution >= 4 is 23.9 Å². The van der Waals surface area contributed by atoms with Crippen molar-refractivity contribution in [3.05, 3.63) is 178 Å². The van der Waals surface area contributed by atoms with Crippen LogP contribution in [0.2, 0.25) is 0 Å². The second-order valence-electron chi connectivity index (χ2n) is 19.2. The van der Waals surface area contributed by atoms with Crippen LogP contribution < -0.4 is 18.9 Å². The summed E-state index contributed by atoms with van der Waals surface area (Å²) in [5.74, 6) is -8.32. The topological polar surface area (TPSA) is 105 Å². The smallest absolute Gasteiger partial charge is 0.343 e. The van der Waals surface area contributed by atoms with Crippen LogP contribution in [-0.4, -0.2) is 23.9 Å². The Morgan fingerprint density at radius 1 is 0.320 bits per heavy atom. The van der Waals surface area contributed by atoms with Gasteiger partial charge in [0.1, 0.15) is 11.5 Å². The van der Waals surface area contributed by atoms with E-state index in [0.717, 1.165) is 55.0 Å². The predicted molar refractivity (Wildman–Crippen MR) is 288 cm³/mol. The highest BCUT2D eigenvalue weighted by atomic mass is 19.2. The highest BCUT2D eigenvalue weighted by molar-refractivity contribution is 5.94. The minimum absolute atomic E-state index is 0.00483. The fourth-order valence-corrected chi connectivity index (χ4v) is 8.83. The lowest BCUT2D eigenvalue weighted by Gasteiger charge is -2.12. The first-order valence-corrected chi connectivity index (χ1v) is 27.1. The van der Waals surface area contributed by atoms with Gasteiger partial charge in [-0.2, -0.15) is 4.39 Å². The van der Waals surface area contributed by atoms with Crippen LogP contribution in [-0.2, 0) is 12.8 Å². The number of aryl methyl sites for hydroxylation is 2. The minimum atomic E-state index is -1.56. The first kappa shape index (κ1) is 57.3. The van der Waals surface area contributed by atoms with Crippen molar-refractivity contribution in [2.24, 2.45) is 0 Å². The van der Waals surface area contributed by atoms with E-state index in [9.17, 15) is 19.2 Å². The molecule has 6 rings (SSSR count). The van der Waals surface area contributed by atoms with Gasteiger partial charge in [-0.15, -0.1) is 0 Å². The molecule has 0 fully saturated rings. The molecule has 6 aromatic rings. The zero-order chi connectivity index (χ0) is 53.2. The van der Waals surface area contributed by atoms with E-state index in [-0.39, 0.29) is 22.6 Å². The third-order valence-corrected chi connectivity index (χ3v) is 13.3. The molecule has 75 heavy (non-hydrogen) atoms. The van der Waals surface area contributed by atoms with E-state index >= 15 is 13.2 Å². The molecule has 8 nitrogen and oxygen atoms in total. The Morgan fingerprint density at radius 3 is 1.03 bits per heavy atom. The summed E-state index contributed by atoms with van der Waals surface area (Å²) >= 11 is 0. The zero-order valence-electron chi connectivity index (χ0n) is 43.6. The maximum Gasteiger partial charge on any atom is 0.343 e. The van der Waals surface area contributed by atoms with E-state index in [1.807, 2.05) is 24.3 Å². The minimum Gasteiger partial charge on any atom is -0.423 e. The van der Waals surface area contributed by atoms with Crippen molar-refractivity contribution in [2.75, 3.05) is 0 Å². The molecule has 6 aromatic carbocycles. The number of hydrogen-bond donors (Lipinski definition) is 0. The van der Waals surface area contributed by atoms with Gasteiger partial charge in [0, 0.05) is 11.1 Å². The number of rotatable bonds is 31. The van der Waals surface area contributed by atoms with Crippen LogP contribution >= 0.6 is 0 Å². The largest absolute Gasteiger partial charge is 0.423 e. The highest BCUT2D eigenvalue weighted by Crippen LogP contribution is 2.35. The van der Waals surface area contributed by atoms with Crippen LogP contribution in [0.15, 0.2) is 127 Å². The van der Waals surface area contributed by atoms with Gasteiger partial charge in [0.2, 0.25) is 5.82 Å². The van der Waals surface area contributed by atoms with Gasteiger partial charge in [0.05, 0.1) is 22.3 Å². The normalized spacial score (nSPS) is 11.1. The van der Waals surface area contributed by atoms with E-state index in [2.05, 4.69) is 13.8 Å². The standard InChI is InChI=1S/C64H71F3O8/c1-3-5-7-9-11-13-15-17-19-21-24-46-28-32-48(33-29-46)61(68)72-52-40-36-50(37-41-52)63(70)74-56-27-23-26-54(58(56)65)55-44-45-57(60(67)59(55)66)75-64(71)51-38-42-53(43-39-51)73-62(69)49-34-30-47(31-35-49)25-22-20-18-16-14-12-10-8-6-4-2/h23,26-45H,3-22,24-25H2,1-2H3. The summed E-state index contributed by atoms with van der Waals surface area (Å²) in [5.41, 5.74) is 2.06. The van der Waals surface area contributed by atoms with Gasteiger partial charge in [-0.25, -0.2) is 28.0 Å². The van der Waals surface area contributed by atoms with E-state index < -0.39 is 64.0 Å². The Bertz CT molecular complexity index is 2730. The van der Waals surface area contributed by atoms with Crippen molar-refractivity contribution in [1.82, 2.24) is 0 Å². The molecular weight excluding hydrogens is 954 g/mol. The van der Waals surface area contributed by atoms with Crippen molar-refractivity contribution < 1.29 is 51.3 Å². The number of hydrogen-bond acceptors (Lipinski definition) is 8. The molecule has 0 bridgehead atoms. The van der Waals surface area contributed by atoms with E-state index in [1.54, 1.807) is 24.3 Å². The van der Waals surface area contributed by atoms with Crippen molar-refractivity contribution in [1.29, 1.82) is 0 Å². The number of halogens is 3. The quantitative estimate of drug-likeness (QED) is 0.0241. The lowest BCUT2D eigenvalue weighted by molar-refractivity contribution is 0.0715. The molecular formula is C64H71F3O8. The summed E-state index contributed by atoms with van der Waals surface area (Å²) in [6.45, 7) is 4.47. The predicted octanol–water partition coefficient (Wildman–Crippen LogP) is 17.6. The first-order valence-electron chi connectivity index (χ1n) is 27.1. The van der Waals surface area contributed by atoms with Gasteiger partial charge in [0.25, 0.3) is 0 Å². The fraction of sp³-hybridized carbons (Fsp3) is 0.375. The van der Waals surface area contributed by atoms with Gasteiger partial charge >= 0.3 is 23.9 Å². The maximum absolute atomic E-state index is 15.8. The molecule has 0 heterocycles. The highest BCUT2D eigenvalue weighted by Gasteiger charge is 2.23. The molecule has 0 saturated heterocycles. The lowest BCUT2D eigenvalue weighted by Crippen LogP contribution is -2.12. The SMILES string of the molecule is CCCCCCCCCCCCc1ccc(C(=O)Oc2ccc(C(=O)Oc3cccc(-c4ccc(OC(=O)c5ccc(OC(=O)c6ccc(CCCCCCCCCCCC)cc6)cc5)c(F)c4F)c3F)cc2)cc1. The molecule has 0 aliphatic heterocycles. The van der Waals surface area contributed by atoms with Crippen molar-refractivity contribution in [2.45, 2.75) is 155 Å². The first-order chi connectivity index (χ1) is 36.5. The summed E-state index contributed by atoms with van der Waals surface area (Å²) < 4.78 is 68.3. The molecule has 11 heteroatoms. The Hall–Kier alpha value is -7.01. The molecule has 396 valence electrons. The van der Waals surface area contributed by atoms with Gasteiger partial charge in [0.15, 0.2) is 23.1 Å². The molecule has 0 aliphatic carbocycles. The molecule has 0 aromatic heterocycles. The van der Waals surface area contributed by atoms with Crippen LogP contribution in [0.5, 0.6) is 23.0 Å². The average molecular weight is 1030 g/mol. The zero-order valence-corrected chi connectivity index (χ0v) is 43.6. The van der Waals surface area contributed by atoms with Crippen molar-refractivity contribution in [3.8, 4) is 34.1 Å². The summed E-state index contributed by atoms with van der Waals surface area (Å²) in [7, 11) is 0. The Kier molecular flexibility index (Phi) is 23.7. The maximum atomic E-state index is 15.8. The van der Waals surface area contributed by atoms with Gasteiger partial charge in [-0.05, 0) is 128 Å². The molecule has 0 radical (unpaired) electrons. The number of esters is 4. The van der Waals surface area contributed by atoms with E-state index in [4.69, 9.17) is 18.9 Å². The number of carbonyl (C=O) groups excluding carboxylic acids is 4.